The lowest BCUT2D eigenvalue weighted by molar-refractivity contribution is -0.145. The monoisotopic (exact) mass is 291 g/mol. The van der Waals surface area contributed by atoms with Crippen LogP contribution in [0.5, 0.6) is 0 Å². The smallest absolute Gasteiger partial charge is 0.349 e. The van der Waals surface area contributed by atoms with E-state index in [0.717, 1.165) is 0 Å². The van der Waals surface area contributed by atoms with Crippen molar-refractivity contribution in [3.8, 4) is 0 Å². The van der Waals surface area contributed by atoms with E-state index in [1.807, 2.05) is 4.90 Å². The number of fused-ring (bicyclic) bond motifs is 1. The van der Waals surface area contributed by atoms with E-state index in [1.54, 1.807) is 21.1 Å². The fraction of sp³-hybridized carbons (Fsp3) is 0.727. The number of rotatable bonds is 2. The molecule has 0 aromatic carbocycles. The number of alkyl halides is 3. The van der Waals surface area contributed by atoms with Crippen LogP contribution in [-0.4, -0.2) is 58.2 Å². The predicted octanol–water partition coefficient (Wildman–Crippen LogP) is 0.762. The van der Waals surface area contributed by atoms with Crippen LogP contribution in [0.4, 0.5) is 13.2 Å². The zero-order chi connectivity index (χ0) is 15.1. The summed E-state index contributed by atoms with van der Waals surface area (Å²) in [6, 6.07) is -0.484. The molecule has 0 saturated carbocycles. The first-order valence-electron chi connectivity index (χ1n) is 6.12. The van der Waals surface area contributed by atoms with E-state index in [9.17, 15) is 18.0 Å². The van der Waals surface area contributed by atoms with Gasteiger partial charge in [0.1, 0.15) is 5.82 Å². The van der Waals surface area contributed by atoms with Crippen LogP contribution < -0.4 is 0 Å². The topological polar surface area (TPSA) is 54.3 Å². The molecule has 0 N–H and O–H groups in total. The normalized spacial score (nSPS) is 19.8. The Balaban J connectivity index is 2.31. The molecule has 1 unspecified atom stereocenters. The molecule has 2 heterocycles. The molecule has 1 aliphatic rings. The van der Waals surface area contributed by atoms with Gasteiger partial charge in [-0.2, -0.15) is 13.2 Å². The van der Waals surface area contributed by atoms with Crippen LogP contribution in [0.15, 0.2) is 0 Å². The first-order valence-corrected chi connectivity index (χ1v) is 6.12. The second kappa shape index (κ2) is 5.04. The molecular weight excluding hydrogens is 275 g/mol. The van der Waals surface area contributed by atoms with Crippen LogP contribution in [-0.2, 0) is 17.5 Å². The van der Waals surface area contributed by atoms with E-state index in [-0.39, 0.29) is 18.2 Å². The van der Waals surface area contributed by atoms with Crippen LogP contribution >= 0.6 is 0 Å². The molecule has 1 amide bonds. The predicted molar refractivity (Wildman–Crippen MR) is 63.7 cm³/mol. The van der Waals surface area contributed by atoms with Gasteiger partial charge in [0.2, 0.25) is 5.91 Å². The summed E-state index contributed by atoms with van der Waals surface area (Å²) in [6.45, 7) is 0.862. The third kappa shape index (κ3) is 2.77. The molecule has 0 aliphatic carbocycles. The van der Waals surface area contributed by atoms with Gasteiger partial charge in [0.15, 0.2) is 0 Å². The molecule has 1 aromatic heterocycles. The average molecular weight is 291 g/mol. The first-order chi connectivity index (χ1) is 9.20. The Labute approximate surface area is 114 Å². The minimum atomic E-state index is -4.57. The Morgan fingerprint density at radius 2 is 2.05 bits per heavy atom. The highest BCUT2D eigenvalue weighted by molar-refractivity contribution is 5.76. The van der Waals surface area contributed by atoms with Crippen molar-refractivity contribution in [2.75, 3.05) is 27.7 Å². The molecular formula is C11H16F3N5O. The quantitative estimate of drug-likeness (QED) is 0.807. The van der Waals surface area contributed by atoms with Gasteiger partial charge in [-0.25, -0.2) is 9.67 Å². The van der Waals surface area contributed by atoms with Gasteiger partial charge in [0.05, 0.1) is 12.6 Å². The van der Waals surface area contributed by atoms with Crippen LogP contribution in [0.25, 0.3) is 0 Å². The Kier molecular flexibility index (Phi) is 3.72. The van der Waals surface area contributed by atoms with E-state index in [1.165, 1.54) is 9.58 Å². The van der Waals surface area contributed by atoms with Gasteiger partial charge < -0.3 is 4.90 Å². The Bertz CT molecular complexity index is 511. The highest BCUT2D eigenvalue weighted by Crippen LogP contribution is 2.31. The van der Waals surface area contributed by atoms with Gasteiger partial charge in [0.25, 0.3) is 5.82 Å². The van der Waals surface area contributed by atoms with Crippen molar-refractivity contribution in [1.29, 1.82) is 0 Å². The van der Waals surface area contributed by atoms with Gasteiger partial charge in [-0.1, -0.05) is 0 Å². The lowest BCUT2D eigenvalue weighted by atomic mass is 10.1. The molecule has 0 fully saturated rings. The number of halogens is 3. The van der Waals surface area contributed by atoms with Crippen LogP contribution in [0.2, 0.25) is 0 Å². The Morgan fingerprint density at radius 1 is 1.40 bits per heavy atom. The van der Waals surface area contributed by atoms with Crippen molar-refractivity contribution in [2.24, 2.45) is 0 Å². The lowest BCUT2D eigenvalue weighted by Gasteiger charge is -2.32. The van der Waals surface area contributed by atoms with Crippen molar-refractivity contribution in [3.63, 3.8) is 0 Å². The van der Waals surface area contributed by atoms with Crippen molar-refractivity contribution < 1.29 is 18.0 Å². The number of hydrogen-bond donors (Lipinski definition) is 0. The molecule has 0 saturated heterocycles. The summed E-state index contributed by atoms with van der Waals surface area (Å²) in [5, 5.41) is 3.49. The summed E-state index contributed by atoms with van der Waals surface area (Å²) in [7, 11) is 4.98. The molecule has 0 bridgehead atoms. The van der Waals surface area contributed by atoms with Gasteiger partial charge in [-0.05, 0) is 7.05 Å². The maximum absolute atomic E-state index is 12.7. The van der Waals surface area contributed by atoms with Crippen LogP contribution in [0.1, 0.15) is 24.1 Å². The Morgan fingerprint density at radius 3 is 2.60 bits per heavy atom. The second-order valence-electron chi connectivity index (χ2n) is 5.00. The van der Waals surface area contributed by atoms with Crippen molar-refractivity contribution >= 4 is 5.91 Å². The summed E-state index contributed by atoms with van der Waals surface area (Å²) in [6.07, 6.45) is -4.49. The van der Waals surface area contributed by atoms with E-state index in [2.05, 4.69) is 10.1 Å². The number of carbonyl (C=O) groups is 1. The van der Waals surface area contributed by atoms with Gasteiger partial charge in [0, 0.05) is 27.1 Å². The first kappa shape index (κ1) is 14.8. The average Bonchev–Trinajstić information content (AvgIpc) is 2.76. The molecule has 0 radical (unpaired) electrons. The molecule has 1 atom stereocenters. The zero-order valence-corrected chi connectivity index (χ0v) is 11.5. The number of nitrogens with zero attached hydrogens (tertiary/aromatic N) is 5. The maximum Gasteiger partial charge on any atom is 0.453 e. The molecule has 1 aromatic rings. The molecule has 0 spiro atoms. The summed E-state index contributed by atoms with van der Waals surface area (Å²) in [5.41, 5.74) is 0. The summed E-state index contributed by atoms with van der Waals surface area (Å²) in [4.78, 5) is 18.6. The van der Waals surface area contributed by atoms with Crippen LogP contribution in [0.3, 0.4) is 0 Å². The van der Waals surface area contributed by atoms with E-state index < -0.39 is 18.0 Å². The number of aromatic nitrogens is 3. The fourth-order valence-corrected chi connectivity index (χ4v) is 2.09. The minimum Gasteiger partial charge on any atom is -0.349 e. The van der Waals surface area contributed by atoms with Gasteiger partial charge >= 0.3 is 6.18 Å². The van der Waals surface area contributed by atoms with Crippen LogP contribution in [0, 0.1) is 0 Å². The molecule has 2 rings (SSSR count). The third-order valence-corrected chi connectivity index (χ3v) is 3.32. The van der Waals surface area contributed by atoms with E-state index in [4.69, 9.17) is 0 Å². The standard InChI is InChI=1S/C11H16F3N5O/c1-17(2)8(20)6-7-9-15-10(11(12,13)14)16-19(9)5-4-18(7)3/h7H,4-6H2,1-3H3. The van der Waals surface area contributed by atoms with E-state index in [0.29, 0.717) is 13.1 Å². The number of likely N-dealkylation sites (N-methyl/N-ethyl adjacent to an activating group) is 1. The lowest BCUT2D eigenvalue weighted by Crippen LogP contribution is -2.38. The SMILES string of the molecule is CN(C)C(=O)CC1c2nc(C(F)(F)F)nn2CCN1C. The van der Waals surface area contributed by atoms with E-state index >= 15 is 0 Å². The van der Waals surface area contributed by atoms with Crippen molar-refractivity contribution in [2.45, 2.75) is 25.2 Å². The highest BCUT2D eigenvalue weighted by atomic mass is 19.4. The molecule has 20 heavy (non-hydrogen) atoms. The van der Waals surface area contributed by atoms with Crippen molar-refractivity contribution in [1.82, 2.24) is 24.6 Å². The third-order valence-electron chi connectivity index (χ3n) is 3.32. The second-order valence-corrected chi connectivity index (χ2v) is 5.00. The minimum absolute atomic E-state index is 0.0828. The summed E-state index contributed by atoms with van der Waals surface area (Å²) in [5.74, 6) is -1.11. The van der Waals surface area contributed by atoms with Gasteiger partial charge in [-0.3, -0.25) is 9.69 Å². The maximum atomic E-state index is 12.7. The molecule has 9 heteroatoms. The molecule has 6 nitrogen and oxygen atoms in total. The fourth-order valence-electron chi connectivity index (χ4n) is 2.09. The van der Waals surface area contributed by atoms with Crippen molar-refractivity contribution in [3.05, 3.63) is 11.6 Å². The number of amides is 1. The van der Waals surface area contributed by atoms with Gasteiger partial charge in [-0.15, -0.1) is 5.10 Å². The molecule has 1 aliphatic heterocycles. The zero-order valence-electron chi connectivity index (χ0n) is 11.5. The number of hydrogen-bond acceptors (Lipinski definition) is 4. The molecule has 112 valence electrons. The highest BCUT2D eigenvalue weighted by Gasteiger charge is 2.40. The number of carbonyl (C=O) groups excluding carboxylic acids is 1. The summed E-state index contributed by atoms with van der Waals surface area (Å²) < 4.78 is 39.2. The summed E-state index contributed by atoms with van der Waals surface area (Å²) >= 11 is 0. The largest absolute Gasteiger partial charge is 0.453 e. The Hall–Kier alpha value is -1.64.